The fourth-order valence-corrected chi connectivity index (χ4v) is 5.95. The Hall–Kier alpha value is -3.48. The third-order valence-corrected chi connectivity index (χ3v) is 8.65. The molecule has 2 aromatic carbocycles. The van der Waals surface area contributed by atoms with Gasteiger partial charge >= 0.3 is 0 Å². The predicted octanol–water partition coefficient (Wildman–Crippen LogP) is 3.93. The largest absolute Gasteiger partial charge is 0.342 e. The molecule has 7 rings (SSSR count). The second-order valence-electron chi connectivity index (χ2n) is 11.2. The van der Waals surface area contributed by atoms with Gasteiger partial charge in [-0.25, -0.2) is 0 Å². The lowest BCUT2D eigenvalue weighted by molar-refractivity contribution is -0.145. The van der Waals surface area contributed by atoms with E-state index in [9.17, 15) is 9.59 Å². The molecule has 36 heavy (non-hydrogen) atoms. The highest BCUT2D eigenvalue weighted by atomic mass is 16.2. The first-order valence-corrected chi connectivity index (χ1v) is 13.2. The summed E-state index contributed by atoms with van der Waals surface area (Å²) in [5.74, 6) is 1.84. The average Bonchev–Trinajstić information content (AvgIpc) is 3.43. The van der Waals surface area contributed by atoms with Gasteiger partial charge in [-0.2, -0.15) is 5.10 Å². The van der Waals surface area contributed by atoms with Crippen LogP contribution in [0.3, 0.4) is 0 Å². The molecule has 2 saturated carbocycles. The number of amidine groups is 1. The minimum absolute atomic E-state index is 0.145. The fourth-order valence-electron chi connectivity index (χ4n) is 5.95. The lowest BCUT2D eigenvalue weighted by Gasteiger charge is -2.44. The molecular formula is C29H31N5O2. The molecule has 7 heteroatoms. The zero-order chi connectivity index (χ0) is 24.6. The number of carbonyl (C=O) groups excluding carboxylic acids is 2. The van der Waals surface area contributed by atoms with Gasteiger partial charge in [0.15, 0.2) is 0 Å². The van der Waals surface area contributed by atoms with Gasteiger partial charge in [-0.1, -0.05) is 30.7 Å². The highest BCUT2D eigenvalue weighted by molar-refractivity contribution is 6.17. The van der Waals surface area contributed by atoms with Crippen LogP contribution in [0.2, 0.25) is 0 Å². The van der Waals surface area contributed by atoms with Crippen molar-refractivity contribution in [3.05, 3.63) is 53.7 Å². The number of amides is 2. The number of benzene rings is 2. The van der Waals surface area contributed by atoms with Crippen LogP contribution in [0.5, 0.6) is 0 Å². The van der Waals surface area contributed by atoms with E-state index in [0.717, 1.165) is 77.8 Å². The van der Waals surface area contributed by atoms with Crippen LogP contribution in [0.1, 0.15) is 43.2 Å². The van der Waals surface area contributed by atoms with Crippen molar-refractivity contribution in [3.8, 4) is 11.1 Å². The summed E-state index contributed by atoms with van der Waals surface area (Å²) >= 11 is 0. The summed E-state index contributed by atoms with van der Waals surface area (Å²) in [6, 6.07) is 12.9. The van der Waals surface area contributed by atoms with Crippen molar-refractivity contribution in [3.63, 3.8) is 0 Å². The van der Waals surface area contributed by atoms with Crippen LogP contribution >= 0.6 is 0 Å². The van der Waals surface area contributed by atoms with Crippen molar-refractivity contribution in [2.75, 3.05) is 19.6 Å². The Bertz CT molecular complexity index is 1440. The number of aliphatic imine (C=N–C) groups is 1. The Balaban J connectivity index is 1.12. The molecule has 1 spiro atoms. The number of fused-ring (bicyclic) bond motifs is 1. The topological polar surface area (TPSA) is 70.8 Å². The normalized spacial score (nSPS) is 21.2. The van der Waals surface area contributed by atoms with Gasteiger partial charge in [-0.15, -0.1) is 0 Å². The van der Waals surface area contributed by atoms with Crippen molar-refractivity contribution in [2.24, 2.45) is 23.9 Å². The monoisotopic (exact) mass is 481 g/mol. The van der Waals surface area contributed by atoms with Crippen molar-refractivity contribution < 1.29 is 9.59 Å². The molecule has 1 aromatic heterocycles. The molecule has 0 radical (unpaired) electrons. The highest BCUT2D eigenvalue weighted by Crippen LogP contribution is 2.46. The van der Waals surface area contributed by atoms with E-state index in [0.29, 0.717) is 18.4 Å². The molecule has 0 N–H and O–H groups in total. The van der Waals surface area contributed by atoms with Crippen molar-refractivity contribution in [1.29, 1.82) is 0 Å². The molecule has 2 aliphatic heterocycles. The summed E-state index contributed by atoms with van der Waals surface area (Å²) in [6.07, 6.45) is 6.82. The van der Waals surface area contributed by atoms with Crippen LogP contribution in [0.4, 0.5) is 0 Å². The number of likely N-dealkylation sites (tertiary alicyclic amines) is 1. The van der Waals surface area contributed by atoms with Crippen LogP contribution in [0, 0.1) is 18.8 Å². The van der Waals surface area contributed by atoms with E-state index in [1.165, 1.54) is 6.42 Å². The standard InChI is InChI=1S/C29H31N5O2/c1-18-12-21(22-7-9-25-23(13-22)14-30-32(25)2)6-8-24(18)26-31-29(10-11-29)28(36)34(26)17-19-15-33(16-19)27(35)20-4-3-5-20/h6-9,12-14,19-20H,3-5,10-11,15-17H2,1-2H3. The third-order valence-electron chi connectivity index (χ3n) is 8.65. The lowest BCUT2D eigenvalue weighted by atomic mass is 9.83. The zero-order valence-electron chi connectivity index (χ0n) is 20.9. The van der Waals surface area contributed by atoms with Crippen molar-refractivity contribution >= 4 is 28.6 Å². The van der Waals surface area contributed by atoms with Gasteiger partial charge in [0, 0.05) is 49.5 Å². The maximum atomic E-state index is 13.4. The molecule has 0 bridgehead atoms. The van der Waals surface area contributed by atoms with E-state index in [1.807, 2.05) is 27.7 Å². The molecule has 2 aliphatic carbocycles. The maximum absolute atomic E-state index is 13.4. The van der Waals surface area contributed by atoms with E-state index >= 15 is 0 Å². The Morgan fingerprint density at radius 3 is 2.53 bits per heavy atom. The van der Waals surface area contributed by atoms with E-state index < -0.39 is 5.54 Å². The minimum Gasteiger partial charge on any atom is -0.342 e. The third kappa shape index (κ3) is 3.32. The second-order valence-corrected chi connectivity index (χ2v) is 11.2. The number of carbonyl (C=O) groups is 2. The van der Waals surface area contributed by atoms with Gasteiger partial charge < -0.3 is 4.90 Å². The van der Waals surface area contributed by atoms with Crippen LogP contribution in [0.25, 0.3) is 22.0 Å². The first-order chi connectivity index (χ1) is 17.4. The van der Waals surface area contributed by atoms with Crippen LogP contribution < -0.4 is 0 Å². The Labute approximate surface area is 210 Å². The van der Waals surface area contributed by atoms with Gasteiger partial charge in [-0.05, 0) is 61.4 Å². The quantitative estimate of drug-likeness (QED) is 0.555. The summed E-state index contributed by atoms with van der Waals surface area (Å²) in [7, 11) is 1.95. The van der Waals surface area contributed by atoms with E-state index in [2.05, 4.69) is 48.4 Å². The van der Waals surface area contributed by atoms with Gasteiger partial charge in [0.1, 0.15) is 11.4 Å². The van der Waals surface area contributed by atoms with Gasteiger partial charge in [0.25, 0.3) is 5.91 Å². The summed E-state index contributed by atoms with van der Waals surface area (Å²) in [6.45, 7) is 4.27. The Kier molecular flexibility index (Phi) is 4.69. The zero-order valence-corrected chi connectivity index (χ0v) is 20.9. The highest BCUT2D eigenvalue weighted by Gasteiger charge is 2.58. The molecule has 3 fully saturated rings. The smallest absolute Gasteiger partial charge is 0.256 e. The minimum atomic E-state index is -0.531. The molecule has 3 aromatic rings. The molecule has 184 valence electrons. The average molecular weight is 482 g/mol. The van der Waals surface area contributed by atoms with Gasteiger partial charge in [-0.3, -0.25) is 24.2 Å². The van der Waals surface area contributed by atoms with Gasteiger partial charge in [0.2, 0.25) is 5.91 Å². The lowest BCUT2D eigenvalue weighted by Crippen LogP contribution is -2.57. The Morgan fingerprint density at radius 2 is 1.83 bits per heavy atom. The first-order valence-electron chi connectivity index (χ1n) is 13.2. The maximum Gasteiger partial charge on any atom is 0.256 e. The first kappa shape index (κ1) is 21.8. The van der Waals surface area contributed by atoms with Crippen LogP contribution in [0.15, 0.2) is 47.6 Å². The molecular weight excluding hydrogens is 450 g/mol. The van der Waals surface area contributed by atoms with Crippen molar-refractivity contribution in [1.82, 2.24) is 19.6 Å². The molecule has 7 nitrogen and oxygen atoms in total. The van der Waals surface area contributed by atoms with Crippen LogP contribution in [-0.2, 0) is 16.6 Å². The van der Waals surface area contributed by atoms with Gasteiger partial charge in [0.05, 0.1) is 11.7 Å². The predicted molar refractivity (Wildman–Crippen MR) is 139 cm³/mol. The summed E-state index contributed by atoms with van der Waals surface area (Å²) in [5, 5.41) is 5.48. The number of aromatic nitrogens is 2. The molecule has 1 saturated heterocycles. The molecule has 3 heterocycles. The summed E-state index contributed by atoms with van der Waals surface area (Å²) in [4.78, 5) is 34.8. The summed E-state index contributed by atoms with van der Waals surface area (Å²) in [5.41, 5.74) is 5.01. The number of hydrogen-bond acceptors (Lipinski definition) is 4. The molecule has 0 unspecified atom stereocenters. The van der Waals surface area contributed by atoms with E-state index in [1.54, 1.807) is 0 Å². The number of rotatable bonds is 5. The SMILES string of the molecule is Cc1cc(-c2ccc3c(cnn3C)c2)ccc1C1=NC2(CC2)C(=O)N1CC1CN(C(=O)C2CCC2)C1. The fraction of sp³-hybridized carbons (Fsp3) is 0.448. The molecule has 0 atom stereocenters. The molecule has 4 aliphatic rings. The Morgan fingerprint density at radius 1 is 1.08 bits per heavy atom. The number of hydrogen-bond donors (Lipinski definition) is 0. The number of aryl methyl sites for hydroxylation is 2. The van der Waals surface area contributed by atoms with Crippen molar-refractivity contribution in [2.45, 2.75) is 44.6 Å². The summed E-state index contributed by atoms with van der Waals surface area (Å²) < 4.78 is 1.88. The van der Waals surface area contributed by atoms with Crippen LogP contribution in [-0.4, -0.2) is 62.4 Å². The molecule has 2 amide bonds. The number of nitrogens with zero attached hydrogens (tertiary/aromatic N) is 5. The second kappa shape index (κ2) is 7.76. The van der Waals surface area contributed by atoms with E-state index in [4.69, 9.17) is 4.99 Å². The van der Waals surface area contributed by atoms with E-state index in [-0.39, 0.29) is 11.8 Å².